The Kier molecular flexibility index (Phi) is 8.12. The second-order valence-electron chi connectivity index (χ2n) is 19.0. The van der Waals surface area contributed by atoms with E-state index in [1.807, 2.05) is 59.2 Å². The fraction of sp³-hybridized carbons (Fsp3) is 0.145. The molecule has 0 unspecified atom stereocenters. The third-order valence-electron chi connectivity index (χ3n) is 12.4. The molecule has 8 aromatic carbocycles. The SMILES string of the molecule is [2H]c1c([2H])c([2H])c(-c2cccc(-c3c([2H])c([2H])c([2H])c([2H])c3[2H])c2Oc2ccnc(-n3c4ccccc4c4ccc(Oc5cccc(N6CN(c7cc(C(C)(C)C)cc(C(C)(C)C)c7)c7ccccc76)c5)cc43)c2)c([2H])c1[2H]. The van der Waals surface area contributed by atoms with E-state index < -0.39 is 60.4 Å². The minimum absolute atomic E-state index is 0.0456. The highest BCUT2D eigenvalue weighted by Gasteiger charge is 2.30. The third-order valence-corrected chi connectivity index (χ3v) is 12.4. The molecule has 2 aromatic heterocycles. The molecule has 1 aliphatic rings. The van der Waals surface area contributed by atoms with Crippen molar-refractivity contribution in [3.05, 3.63) is 217 Å². The lowest BCUT2D eigenvalue weighted by Crippen LogP contribution is -2.25. The first-order valence-electron chi connectivity index (χ1n) is 27.6. The first-order chi connectivity index (χ1) is 37.1. The molecule has 334 valence electrons. The smallest absolute Gasteiger partial charge is 0.143 e. The van der Waals surface area contributed by atoms with Crippen LogP contribution in [0, 0.1) is 0 Å². The Morgan fingerprint density at radius 3 is 1.72 bits per heavy atom. The fourth-order valence-corrected chi connectivity index (χ4v) is 8.91. The molecule has 0 saturated carbocycles. The normalized spacial score (nSPS) is 14.8. The Morgan fingerprint density at radius 2 is 1.06 bits per heavy atom. The van der Waals surface area contributed by atoms with E-state index in [0.717, 1.165) is 44.6 Å². The molecule has 6 nitrogen and oxygen atoms in total. The van der Waals surface area contributed by atoms with Crippen molar-refractivity contribution in [2.24, 2.45) is 0 Å². The number of aromatic nitrogens is 2. The zero-order chi connectivity index (χ0) is 55.3. The number of ether oxygens (including phenoxy) is 2. The van der Waals surface area contributed by atoms with Gasteiger partial charge in [-0.15, -0.1) is 0 Å². The number of pyridine rings is 1. The summed E-state index contributed by atoms with van der Waals surface area (Å²) >= 11 is 0. The van der Waals surface area contributed by atoms with E-state index >= 15 is 0 Å². The molecule has 11 rings (SSSR count). The first kappa shape index (κ1) is 32.6. The lowest BCUT2D eigenvalue weighted by atomic mass is 9.80. The topological polar surface area (TPSA) is 42.8 Å². The van der Waals surface area contributed by atoms with E-state index in [4.69, 9.17) is 28.2 Å². The molecule has 68 heavy (non-hydrogen) atoms. The molecule has 0 bridgehead atoms. The van der Waals surface area contributed by atoms with E-state index in [1.165, 1.54) is 29.3 Å². The predicted octanol–water partition coefficient (Wildman–Crippen LogP) is 16.9. The van der Waals surface area contributed by atoms with Crippen molar-refractivity contribution in [3.8, 4) is 51.1 Å². The minimum atomic E-state index is -0.585. The molecule has 1 aliphatic heterocycles. The van der Waals surface area contributed by atoms with Gasteiger partial charge in [0.25, 0.3) is 0 Å². The lowest BCUT2D eigenvalue weighted by molar-refractivity contribution is 0.483. The average Bonchev–Trinajstić information content (AvgIpc) is 4.17. The Hall–Kier alpha value is -8.09. The maximum atomic E-state index is 8.92. The van der Waals surface area contributed by atoms with Crippen molar-refractivity contribution in [3.63, 3.8) is 0 Å². The molecular weight excluding hydrogens is 833 g/mol. The van der Waals surface area contributed by atoms with Crippen molar-refractivity contribution in [1.82, 2.24) is 9.55 Å². The standard InChI is InChI=1S/C62H54N4O2/c1-61(2,3)44-35-45(62(4,5)6)37-47(36-44)65-41-64(56-29-15-16-30-57(56)65)46-23-17-24-48(38-46)67-49-31-32-54-53-25-13-14-28-55(53)66(58(54)39-49)59-40-50(33-34-63-59)68-60-51(42-19-9-7-10-20-42)26-18-27-52(60)43-21-11-8-12-22-43/h7-40H,41H2,1-6H3/i7D,8D,9D,10D,11D,12D,19D,20D,21D,22D. The summed E-state index contributed by atoms with van der Waals surface area (Å²) in [6.07, 6.45) is 1.55. The molecule has 0 fully saturated rings. The molecule has 0 spiro atoms. The number of rotatable bonds is 9. The molecule has 0 amide bonds. The van der Waals surface area contributed by atoms with Crippen molar-refractivity contribution in [2.45, 2.75) is 52.4 Å². The number of anilines is 4. The molecule has 0 N–H and O–H groups in total. The van der Waals surface area contributed by atoms with Crippen LogP contribution in [0.5, 0.6) is 23.0 Å². The van der Waals surface area contributed by atoms with Crippen molar-refractivity contribution in [1.29, 1.82) is 0 Å². The van der Waals surface area contributed by atoms with Gasteiger partial charge in [-0.05, 0) is 93.7 Å². The van der Waals surface area contributed by atoms with Crippen LogP contribution >= 0.6 is 0 Å². The van der Waals surface area contributed by atoms with Gasteiger partial charge in [0.1, 0.15) is 35.5 Å². The van der Waals surface area contributed by atoms with Gasteiger partial charge in [-0.25, -0.2) is 4.98 Å². The quantitative estimate of drug-likeness (QED) is 0.144. The van der Waals surface area contributed by atoms with Gasteiger partial charge in [-0.3, -0.25) is 4.57 Å². The molecule has 0 atom stereocenters. The van der Waals surface area contributed by atoms with Crippen LogP contribution in [0.25, 0.3) is 49.9 Å². The monoisotopic (exact) mass is 896 g/mol. The van der Waals surface area contributed by atoms with Crippen LogP contribution in [0.4, 0.5) is 22.7 Å². The molecule has 0 aliphatic carbocycles. The zero-order valence-electron chi connectivity index (χ0n) is 48.7. The molecule has 3 heterocycles. The van der Waals surface area contributed by atoms with Gasteiger partial charge in [0, 0.05) is 57.7 Å². The Bertz CT molecular complexity index is 3910. The van der Waals surface area contributed by atoms with E-state index in [9.17, 15) is 0 Å². The summed E-state index contributed by atoms with van der Waals surface area (Å²) in [5.41, 5.74) is 8.08. The summed E-state index contributed by atoms with van der Waals surface area (Å²) in [6.45, 7) is 14.1. The Balaban J connectivity index is 0.978. The van der Waals surface area contributed by atoms with Gasteiger partial charge in [0.05, 0.1) is 36.1 Å². The highest BCUT2D eigenvalue weighted by Crippen LogP contribution is 2.47. The number of para-hydroxylation sites is 4. The third kappa shape index (κ3) is 8.02. The summed E-state index contributed by atoms with van der Waals surface area (Å²) < 4.78 is 102. The summed E-state index contributed by atoms with van der Waals surface area (Å²) in [7, 11) is 0. The highest BCUT2D eigenvalue weighted by molar-refractivity contribution is 6.09. The van der Waals surface area contributed by atoms with E-state index in [0.29, 0.717) is 24.0 Å². The maximum Gasteiger partial charge on any atom is 0.143 e. The van der Waals surface area contributed by atoms with Gasteiger partial charge in [-0.1, -0.05) is 163 Å². The molecule has 0 saturated heterocycles. The summed E-state index contributed by atoms with van der Waals surface area (Å²) in [6, 6.07) is 39.7. The van der Waals surface area contributed by atoms with Crippen LogP contribution in [0.1, 0.15) is 66.4 Å². The number of hydrogen-bond acceptors (Lipinski definition) is 5. The first-order valence-corrected chi connectivity index (χ1v) is 22.6. The molecule has 6 heteroatoms. The van der Waals surface area contributed by atoms with E-state index in [-0.39, 0.29) is 44.6 Å². The predicted molar refractivity (Wildman–Crippen MR) is 282 cm³/mol. The van der Waals surface area contributed by atoms with Crippen LogP contribution in [-0.4, -0.2) is 16.2 Å². The lowest BCUT2D eigenvalue weighted by Gasteiger charge is -2.29. The maximum absolute atomic E-state index is 8.92. The average molecular weight is 897 g/mol. The molecular formula is C62H54N4O2. The summed E-state index contributed by atoms with van der Waals surface area (Å²) in [5.74, 6) is 1.74. The van der Waals surface area contributed by atoms with Crippen molar-refractivity contribution in [2.75, 3.05) is 16.5 Å². The number of benzene rings is 8. The van der Waals surface area contributed by atoms with Gasteiger partial charge in [-0.2, -0.15) is 0 Å². The Morgan fingerprint density at radius 1 is 0.485 bits per heavy atom. The summed E-state index contributed by atoms with van der Waals surface area (Å²) in [5, 5.41) is 1.87. The van der Waals surface area contributed by atoms with Crippen LogP contribution in [0.15, 0.2) is 206 Å². The highest BCUT2D eigenvalue weighted by atomic mass is 16.5. The summed E-state index contributed by atoms with van der Waals surface area (Å²) in [4.78, 5) is 9.52. The van der Waals surface area contributed by atoms with E-state index in [1.54, 1.807) is 18.3 Å². The fourth-order valence-electron chi connectivity index (χ4n) is 8.91. The van der Waals surface area contributed by atoms with Crippen LogP contribution in [-0.2, 0) is 10.8 Å². The van der Waals surface area contributed by atoms with Gasteiger partial charge in [0.15, 0.2) is 0 Å². The second kappa shape index (κ2) is 17.0. The van der Waals surface area contributed by atoms with E-state index in [2.05, 4.69) is 106 Å². The zero-order valence-corrected chi connectivity index (χ0v) is 38.7. The number of nitrogens with zero attached hydrogens (tertiary/aromatic N) is 4. The van der Waals surface area contributed by atoms with Gasteiger partial charge in [0.2, 0.25) is 0 Å². The van der Waals surface area contributed by atoms with Crippen molar-refractivity contribution >= 4 is 44.6 Å². The number of hydrogen-bond donors (Lipinski definition) is 0. The largest absolute Gasteiger partial charge is 0.457 e. The molecule has 10 aromatic rings. The Labute approximate surface area is 413 Å². The second-order valence-corrected chi connectivity index (χ2v) is 19.0. The van der Waals surface area contributed by atoms with Gasteiger partial charge < -0.3 is 19.3 Å². The van der Waals surface area contributed by atoms with Crippen LogP contribution in [0.3, 0.4) is 0 Å². The van der Waals surface area contributed by atoms with Gasteiger partial charge >= 0.3 is 0 Å². The van der Waals surface area contributed by atoms with Crippen LogP contribution < -0.4 is 19.3 Å². The number of fused-ring (bicyclic) bond motifs is 4. The van der Waals surface area contributed by atoms with Crippen LogP contribution in [0.2, 0.25) is 0 Å². The molecule has 0 radical (unpaired) electrons. The van der Waals surface area contributed by atoms with Crippen molar-refractivity contribution < 1.29 is 23.2 Å². The minimum Gasteiger partial charge on any atom is -0.457 e.